The van der Waals surface area contributed by atoms with E-state index in [-0.39, 0.29) is 5.91 Å². The molecule has 0 atom stereocenters. The van der Waals surface area contributed by atoms with E-state index in [4.69, 9.17) is 0 Å². The Morgan fingerprint density at radius 3 is 3.13 bits per heavy atom. The zero-order chi connectivity index (χ0) is 10.7. The van der Waals surface area contributed by atoms with Crippen molar-refractivity contribution in [3.63, 3.8) is 0 Å². The van der Waals surface area contributed by atoms with Crippen LogP contribution in [0.15, 0.2) is 41.8 Å². The quantitative estimate of drug-likeness (QED) is 0.583. The van der Waals surface area contributed by atoms with Crippen LogP contribution in [0.25, 0.3) is 5.52 Å². The van der Waals surface area contributed by atoms with Gasteiger partial charge in [-0.05, 0) is 25.1 Å². The van der Waals surface area contributed by atoms with Crippen LogP contribution in [0.1, 0.15) is 17.3 Å². The van der Waals surface area contributed by atoms with Crippen LogP contribution >= 0.6 is 0 Å². The molecular weight excluding hydrogens is 190 g/mol. The van der Waals surface area contributed by atoms with Crippen molar-refractivity contribution in [3.05, 3.63) is 42.2 Å². The second-order valence-electron chi connectivity index (χ2n) is 3.09. The molecule has 0 aromatic carbocycles. The lowest BCUT2D eigenvalue weighted by Gasteiger charge is -1.93. The highest BCUT2D eigenvalue weighted by atomic mass is 16.2. The smallest absolute Gasteiger partial charge is 0.272 e. The van der Waals surface area contributed by atoms with Crippen molar-refractivity contribution in [1.82, 2.24) is 9.83 Å². The maximum atomic E-state index is 11.5. The Balaban J connectivity index is 2.32. The molecule has 0 spiro atoms. The van der Waals surface area contributed by atoms with Crippen LogP contribution in [0.3, 0.4) is 0 Å². The van der Waals surface area contributed by atoms with E-state index in [1.54, 1.807) is 13.1 Å². The fourth-order valence-electron chi connectivity index (χ4n) is 1.37. The summed E-state index contributed by atoms with van der Waals surface area (Å²) in [6, 6.07) is 7.61. The van der Waals surface area contributed by atoms with Gasteiger partial charge in [-0.25, -0.2) is 5.43 Å². The van der Waals surface area contributed by atoms with E-state index in [9.17, 15) is 4.79 Å². The number of nitrogens with one attached hydrogen (secondary N) is 1. The second-order valence-corrected chi connectivity index (χ2v) is 3.09. The first-order valence-corrected chi connectivity index (χ1v) is 4.66. The zero-order valence-corrected chi connectivity index (χ0v) is 8.34. The summed E-state index contributed by atoms with van der Waals surface area (Å²) >= 11 is 0. The zero-order valence-electron chi connectivity index (χ0n) is 8.34. The molecule has 0 unspecified atom stereocenters. The van der Waals surface area contributed by atoms with Crippen LogP contribution < -0.4 is 5.43 Å². The minimum atomic E-state index is -0.197. The van der Waals surface area contributed by atoms with Gasteiger partial charge in [0.05, 0.1) is 5.56 Å². The minimum absolute atomic E-state index is 0.197. The van der Waals surface area contributed by atoms with Crippen molar-refractivity contribution < 1.29 is 4.79 Å². The Morgan fingerprint density at radius 2 is 2.40 bits per heavy atom. The molecule has 0 radical (unpaired) electrons. The normalized spacial score (nSPS) is 11.0. The Bertz CT molecular complexity index is 480. The summed E-state index contributed by atoms with van der Waals surface area (Å²) in [7, 11) is 0. The molecule has 0 bridgehead atoms. The first kappa shape index (κ1) is 9.45. The molecule has 0 aliphatic rings. The van der Waals surface area contributed by atoms with E-state index >= 15 is 0 Å². The molecule has 2 aromatic rings. The highest BCUT2D eigenvalue weighted by Gasteiger charge is 2.06. The Hall–Kier alpha value is -2.10. The lowest BCUT2D eigenvalue weighted by atomic mass is 10.3. The molecule has 1 N–H and O–H groups in total. The second kappa shape index (κ2) is 3.96. The number of carbonyl (C=O) groups is 1. The van der Waals surface area contributed by atoms with Crippen molar-refractivity contribution in [2.75, 3.05) is 0 Å². The maximum absolute atomic E-state index is 11.5. The number of amides is 1. The Kier molecular flexibility index (Phi) is 2.49. The van der Waals surface area contributed by atoms with Gasteiger partial charge in [-0.2, -0.15) is 5.10 Å². The third kappa shape index (κ3) is 1.88. The highest BCUT2D eigenvalue weighted by Crippen LogP contribution is 2.09. The number of nitrogens with zero attached hydrogens (tertiary/aromatic N) is 2. The van der Waals surface area contributed by atoms with Crippen LogP contribution in [-0.2, 0) is 0 Å². The molecule has 2 rings (SSSR count). The molecule has 0 aliphatic heterocycles. The van der Waals surface area contributed by atoms with Crippen LogP contribution in [-0.4, -0.2) is 16.5 Å². The number of hydrazone groups is 1. The number of fused-ring (bicyclic) bond motifs is 1. The predicted octanol–water partition coefficient (Wildman–Crippen LogP) is 1.67. The Morgan fingerprint density at radius 1 is 1.53 bits per heavy atom. The number of aromatic nitrogens is 1. The van der Waals surface area contributed by atoms with E-state index in [1.165, 1.54) is 6.21 Å². The number of carbonyl (C=O) groups excluding carboxylic acids is 1. The molecule has 2 aromatic heterocycles. The van der Waals surface area contributed by atoms with Crippen LogP contribution in [0.4, 0.5) is 0 Å². The average molecular weight is 201 g/mol. The van der Waals surface area contributed by atoms with Gasteiger partial charge in [0.15, 0.2) is 0 Å². The first-order chi connectivity index (χ1) is 7.31. The fraction of sp³-hybridized carbons (Fsp3) is 0.0909. The van der Waals surface area contributed by atoms with Gasteiger partial charge in [0.2, 0.25) is 0 Å². The average Bonchev–Trinajstić information content (AvgIpc) is 2.69. The van der Waals surface area contributed by atoms with Crippen molar-refractivity contribution in [2.45, 2.75) is 6.92 Å². The van der Waals surface area contributed by atoms with Crippen LogP contribution in [0.5, 0.6) is 0 Å². The summed E-state index contributed by atoms with van der Waals surface area (Å²) in [6.45, 7) is 1.75. The molecular formula is C11H11N3O. The summed E-state index contributed by atoms with van der Waals surface area (Å²) in [5, 5.41) is 3.68. The van der Waals surface area contributed by atoms with Crippen LogP contribution in [0, 0.1) is 0 Å². The summed E-state index contributed by atoms with van der Waals surface area (Å²) in [6.07, 6.45) is 5.21. The molecule has 15 heavy (non-hydrogen) atoms. The molecule has 4 nitrogen and oxygen atoms in total. The van der Waals surface area contributed by atoms with E-state index < -0.39 is 0 Å². The van der Waals surface area contributed by atoms with Crippen LogP contribution in [0.2, 0.25) is 0 Å². The predicted molar refractivity (Wildman–Crippen MR) is 59.0 cm³/mol. The standard InChI is InChI=1S/C11H11N3O/c1-2-12-13-11(15)9-7-10-5-3-4-6-14(10)8-9/h2-8H,1H3,(H,13,15)/b12-2+. The highest BCUT2D eigenvalue weighted by molar-refractivity contribution is 5.95. The SMILES string of the molecule is C/C=N/NC(=O)c1cc2ccccn2c1. The van der Waals surface area contributed by atoms with Gasteiger partial charge in [0.25, 0.3) is 5.91 Å². The molecule has 0 fully saturated rings. The van der Waals surface area contributed by atoms with E-state index in [1.807, 2.05) is 34.9 Å². The van der Waals surface area contributed by atoms with E-state index in [0.29, 0.717) is 5.56 Å². The van der Waals surface area contributed by atoms with Gasteiger partial charge >= 0.3 is 0 Å². The minimum Gasteiger partial charge on any atom is -0.323 e. The molecule has 0 saturated heterocycles. The van der Waals surface area contributed by atoms with Crippen molar-refractivity contribution >= 4 is 17.6 Å². The summed E-state index contributed by atoms with van der Waals surface area (Å²) in [5.74, 6) is -0.197. The largest absolute Gasteiger partial charge is 0.323 e. The van der Waals surface area contributed by atoms with E-state index in [2.05, 4.69) is 10.5 Å². The van der Waals surface area contributed by atoms with Gasteiger partial charge in [-0.3, -0.25) is 4.79 Å². The van der Waals surface area contributed by atoms with Gasteiger partial charge in [-0.15, -0.1) is 0 Å². The van der Waals surface area contributed by atoms with Crippen molar-refractivity contribution in [2.24, 2.45) is 5.10 Å². The van der Waals surface area contributed by atoms with Gasteiger partial charge < -0.3 is 4.40 Å². The lowest BCUT2D eigenvalue weighted by molar-refractivity contribution is 0.0955. The monoisotopic (exact) mass is 201 g/mol. The summed E-state index contributed by atoms with van der Waals surface area (Å²) in [4.78, 5) is 11.5. The first-order valence-electron chi connectivity index (χ1n) is 4.66. The van der Waals surface area contributed by atoms with Gasteiger partial charge in [-0.1, -0.05) is 6.07 Å². The summed E-state index contributed by atoms with van der Waals surface area (Å²) in [5.41, 5.74) is 4.02. The van der Waals surface area contributed by atoms with E-state index in [0.717, 1.165) is 5.52 Å². The Labute approximate surface area is 87.2 Å². The number of pyridine rings is 1. The molecule has 2 heterocycles. The van der Waals surface area contributed by atoms with Crippen molar-refractivity contribution in [3.8, 4) is 0 Å². The van der Waals surface area contributed by atoms with Gasteiger partial charge in [0.1, 0.15) is 0 Å². The topological polar surface area (TPSA) is 45.9 Å². The lowest BCUT2D eigenvalue weighted by Crippen LogP contribution is -2.16. The summed E-state index contributed by atoms with van der Waals surface area (Å²) < 4.78 is 1.89. The number of hydrogen-bond acceptors (Lipinski definition) is 2. The fourth-order valence-corrected chi connectivity index (χ4v) is 1.37. The molecule has 0 aliphatic carbocycles. The molecule has 1 amide bonds. The molecule has 0 saturated carbocycles. The third-order valence-electron chi connectivity index (χ3n) is 2.06. The number of hydrogen-bond donors (Lipinski definition) is 1. The van der Waals surface area contributed by atoms with Gasteiger partial charge in [0, 0.05) is 24.1 Å². The third-order valence-corrected chi connectivity index (χ3v) is 2.06. The number of rotatable bonds is 2. The molecule has 76 valence electrons. The van der Waals surface area contributed by atoms with Crippen molar-refractivity contribution in [1.29, 1.82) is 0 Å². The maximum Gasteiger partial charge on any atom is 0.272 e. The molecule has 4 heteroatoms.